The maximum Gasteiger partial charge on any atom is 0.185 e. The molecule has 0 bridgehead atoms. The highest BCUT2D eigenvalue weighted by molar-refractivity contribution is 8.00. The molecule has 5 heteroatoms. The fourth-order valence-corrected chi connectivity index (χ4v) is 1.14. The lowest BCUT2D eigenvalue weighted by atomic mass is 10.8. The average molecular weight is 163 g/mol. The number of nitrogens with zero attached hydrogens (tertiary/aromatic N) is 1. The van der Waals surface area contributed by atoms with Gasteiger partial charge in [0.1, 0.15) is 0 Å². The minimum absolute atomic E-state index is 0.202. The second-order valence-corrected chi connectivity index (χ2v) is 3.17. The van der Waals surface area contributed by atoms with Gasteiger partial charge in [-0.3, -0.25) is 9.20 Å². The van der Waals surface area contributed by atoms with Crippen molar-refractivity contribution in [2.45, 2.75) is 6.92 Å². The summed E-state index contributed by atoms with van der Waals surface area (Å²) in [4.78, 5) is 3.78. The van der Waals surface area contributed by atoms with Gasteiger partial charge in [-0.25, -0.2) is 0 Å². The third kappa shape index (κ3) is 3.58. The largest absolute Gasteiger partial charge is 0.376 e. The fraction of sp³-hybridized carbons (Fsp3) is 0.800. The van der Waals surface area contributed by atoms with Crippen molar-refractivity contribution in [2.75, 3.05) is 18.8 Å². The lowest BCUT2D eigenvalue weighted by Gasteiger charge is -1.96. The van der Waals surface area contributed by atoms with E-state index in [1.54, 1.807) is 0 Å². The summed E-state index contributed by atoms with van der Waals surface area (Å²) in [6.07, 6.45) is 0. The molecule has 0 fully saturated rings. The Labute approximate surface area is 63.1 Å². The van der Waals surface area contributed by atoms with E-state index < -0.39 is 10.8 Å². The molecule has 0 aromatic heterocycles. The van der Waals surface area contributed by atoms with E-state index in [2.05, 4.69) is 4.99 Å². The number of rotatable bonds is 3. The molecule has 1 unspecified atom stereocenters. The van der Waals surface area contributed by atoms with Crippen LogP contribution in [0.25, 0.3) is 0 Å². The van der Waals surface area contributed by atoms with Gasteiger partial charge in [0.15, 0.2) is 5.17 Å². The van der Waals surface area contributed by atoms with Crippen LogP contribution in [-0.4, -0.2) is 28.2 Å². The SMILES string of the molecule is CCN=C(N)S(=O)CCN. The summed E-state index contributed by atoms with van der Waals surface area (Å²) < 4.78 is 10.9. The molecule has 0 amide bonds. The highest BCUT2D eigenvalue weighted by Crippen LogP contribution is 1.81. The molecule has 0 aliphatic rings. The molecule has 60 valence electrons. The van der Waals surface area contributed by atoms with Crippen LogP contribution in [0.2, 0.25) is 0 Å². The number of aliphatic imine (C=N–C) groups is 1. The van der Waals surface area contributed by atoms with Gasteiger partial charge in [0.2, 0.25) is 0 Å². The molecule has 0 aliphatic carbocycles. The molecule has 0 saturated heterocycles. The van der Waals surface area contributed by atoms with Crippen LogP contribution in [0.5, 0.6) is 0 Å². The van der Waals surface area contributed by atoms with Gasteiger partial charge in [-0.1, -0.05) is 0 Å². The Hall–Kier alpha value is -0.420. The number of nitrogens with two attached hydrogens (primary N) is 2. The third-order valence-corrected chi connectivity index (χ3v) is 2.05. The van der Waals surface area contributed by atoms with Crippen LogP contribution in [0.15, 0.2) is 4.99 Å². The van der Waals surface area contributed by atoms with Crippen LogP contribution in [0.4, 0.5) is 0 Å². The summed E-state index contributed by atoms with van der Waals surface area (Å²) in [5.74, 6) is 0.398. The molecule has 0 radical (unpaired) electrons. The van der Waals surface area contributed by atoms with Gasteiger partial charge in [0.05, 0.1) is 10.8 Å². The molecule has 4 N–H and O–H groups in total. The molecule has 0 saturated carbocycles. The van der Waals surface area contributed by atoms with Crippen molar-refractivity contribution in [3.8, 4) is 0 Å². The van der Waals surface area contributed by atoms with Crippen molar-refractivity contribution in [1.29, 1.82) is 0 Å². The minimum Gasteiger partial charge on any atom is -0.376 e. The smallest absolute Gasteiger partial charge is 0.185 e. The highest BCUT2D eigenvalue weighted by atomic mass is 32.2. The Morgan fingerprint density at radius 1 is 1.70 bits per heavy atom. The van der Waals surface area contributed by atoms with Gasteiger partial charge in [0, 0.05) is 18.8 Å². The second-order valence-electron chi connectivity index (χ2n) is 1.65. The Balaban J connectivity index is 3.82. The van der Waals surface area contributed by atoms with Gasteiger partial charge < -0.3 is 11.5 Å². The van der Waals surface area contributed by atoms with Gasteiger partial charge in [0.25, 0.3) is 0 Å². The monoisotopic (exact) mass is 163 g/mol. The van der Waals surface area contributed by atoms with Crippen LogP contribution >= 0.6 is 0 Å². The van der Waals surface area contributed by atoms with Gasteiger partial charge in [-0.15, -0.1) is 0 Å². The molecule has 4 nitrogen and oxygen atoms in total. The molecule has 0 rings (SSSR count). The molecule has 1 atom stereocenters. The number of amidine groups is 1. The standard InChI is InChI=1S/C5H13N3OS/c1-2-8-5(7)10(9)4-3-6/h2-4,6H2,1H3,(H2,7,8). The maximum absolute atomic E-state index is 10.9. The van der Waals surface area contributed by atoms with Gasteiger partial charge in [-0.05, 0) is 6.92 Å². The van der Waals surface area contributed by atoms with Crippen molar-refractivity contribution in [3.63, 3.8) is 0 Å². The molecule has 0 aromatic carbocycles. The van der Waals surface area contributed by atoms with Crippen LogP contribution in [0.1, 0.15) is 6.92 Å². The zero-order valence-corrected chi connectivity index (χ0v) is 6.86. The van der Waals surface area contributed by atoms with Crippen molar-refractivity contribution in [3.05, 3.63) is 0 Å². The molecular formula is C5H13N3OS. The van der Waals surface area contributed by atoms with Crippen LogP contribution < -0.4 is 11.5 Å². The second kappa shape index (κ2) is 5.37. The molecule has 0 aliphatic heterocycles. The zero-order valence-electron chi connectivity index (χ0n) is 6.04. The third-order valence-electron chi connectivity index (χ3n) is 0.850. The van der Waals surface area contributed by atoms with E-state index in [4.69, 9.17) is 11.5 Å². The van der Waals surface area contributed by atoms with E-state index in [0.717, 1.165) is 0 Å². The summed E-state index contributed by atoms with van der Waals surface area (Å²) in [7, 11) is -1.16. The first-order chi connectivity index (χ1) is 4.72. The lowest BCUT2D eigenvalue weighted by Crippen LogP contribution is -2.24. The predicted octanol–water partition coefficient (Wildman–Crippen LogP) is -0.972. The summed E-state index contributed by atoms with van der Waals surface area (Å²) >= 11 is 0. The van der Waals surface area contributed by atoms with E-state index in [0.29, 0.717) is 18.8 Å². The Bertz CT molecular complexity index is 146. The Kier molecular flexibility index (Phi) is 5.15. The topological polar surface area (TPSA) is 81.5 Å². The molecular weight excluding hydrogens is 150 g/mol. The molecule has 10 heavy (non-hydrogen) atoms. The van der Waals surface area contributed by atoms with Crippen LogP contribution in [0, 0.1) is 0 Å². The molecule has 0 spiro atoms. The quantitative estimate of drug-likeness (QED) is 0.415. The van der Waals surface area contributed by atoms with Gasteiger partial charge >= 0.3 is 0 Å². The normalized spacial score (nSPS) is 15.2. The summed E-state index contributed by atoms with van der Waals surface area (Å²) in [6, 6.07) is 0. The lowest BCUT2D eigenvalue weighted by molar-refractivity contribution is 0.689. The zero-order chi connectivity index (χ0) is 7.98. The molecule has 0 heterocycles. The van der Waals surface area contributed by atoms with Gasteiger partial charge in [-0.2, -0.15) is 0 Å². The highest BCUT2D eigenvalue weighted by Gasteiger charge is 2.00. The van der Waals surface area contributed by atoms with Crippen molar-refractivity contribution in [2.24, 2.45) is 16.5 Å². The van der Waals surface area contributed by atoms with E-state index in [1.807, 2.05) is 6.92 Å². The van der Waals surface area contributed by atoms with Crippen molar-refractivity contribution in [1.82, 2.24) is 0 Å². The first-order valence-electron chi connectivity index (χ1n) is 3.10. The molecule has 0 aromatic rings. The van der Waals surface area contributed by atoms with E-state index in [-0.39, 0.29) is 5.17 Å². The Morgan fingerprint density at radius 2 is 2.30 bits per heavy atom. The fourth-order valence-electron chi connectivity index (χ4n) is 0.439. The summed E-state index contributed by atoms with van der Waals surface area (Å²) in [6.45, 7) is 2.79. The van der Waals surface area contributed by atoms with E-state index in [1.165, 1.54) is 0 Å². The average Bonchev–Trinajstić information content (AvgIpc) is 1.89. The minimum atomic E-state index is -1.16. The van der Waals surface area contributed by atoms with Crippen molar-refractivity contribution >= 4 is 16.0 Å². The maximum atomic E-state index is 10.9. The predicted molar refractivity (Wildman–Crippen MR) is 44.2 cm³/mol. The van der Waals surface area contributed by atoms with Crippen LogP contribution in [-0.2, 0) is 10.8 Å². The number of hydrogen-bond acceptors (Lipinski definition) is 3. The van der Waals surface area contributed by atoms with Crippen molar-refractivity contribution < 1.29 is 4.21 Å². The summed E-state index contributed by atoms with van der Waals surface area (Å²) in [5, 5.41) is 0.202. The van der Waals surface area contributed by atoms with Crippen LogP contribution in [0.3, 0.4) is 0 Å². The Morgan fingerprint density at radius 3 is 2.70 bits per heavy atom. The first-order valence-corrected chi connectivity index (χ1v) is 4.42. The first kappa shape index (κ1) is 9.58. The number of hydrogen-bond donors (Lipinski definition) is 2. The summed E-state index contributed by atoms with van der Waals surface area (Å²) in [5.41, 5.74) is 10.5. The van der Waals surface area contributed by atoms with E-state index >= 15 is 0 Å². The van der Waals surface area contributed by atoms with E-state index in [9.17, 15) is 4.21 Å².